The number of benzene rings is 2. The van der Waals surface area contributed by atoms with Gasteiger partial charge in [-0.2, -0.15) is 0 Å². The van der Waals surface area contributed by atoms with Gasteiger partial charge in [0, 0.05) is 20.7 Å². The van der Waals surface area contributed by atoms with Gasteiger partial charge in [-0.25, -0.2) is 9.97 Å². The first-order chi connectivity index (χ1) is 15.9. The highest BCUT2D eigenvalue weighted by Gasteiger charge is 2.18. The van der Waals surface area contributed by atoms with Crippen LogP contribution in [0.25, 0.3) is 32.7 Å². The lowest BCUT2D eigenvalue weighted by molar-refractivity contribution is 0.102. The summed E-state index contributed by atoms with van der Waals surface area (Å²) in [6.45, 7) is 8.28. The molecule has 0 unspecified atom stereocenters. The van der Waals surface area contributed by atoms with Crippen molar-refractivity contribution >= 4 is 44.6 Å². The molecule has 3 heterocycles. The summed E-state index contributed by atoms with van der Waals surface area (Å²) in [5, 5.41) is 4.47. The van der Waals surface area contributed by atoms with Gasteiger partial charge in [0.05, 0.1) is 27.3 Å². The third-order valence-corrected chi connectivity index (χ3v) is 7.53. The first kappa shape index (κ1) is 21.5. The van der Waals surface area contributed by atoms with Crippen molar-refractivity contribution in [2.45, 2.75) is 27.7 Å². The lowest BCUT2D eigenvalue weighted by Crippen LogP contribution is -2.13. The van der Waals surface area contributed by atoms with Crippen LogP contribution in [0.4, 0.5) is 5.13 Å². The number of carbonyl (C=O) groups excluding carboxylic acids is 1. The Morgan fingerprint density at radius 2 is 1.70 bits per heavy atom. The van der Waals surface area contributed by atoms with Crippen LogP contribution >= 0.6 is 22.7 Å². The zero-order valence-corrected chi connectivity index (χ0v) is 20.5. The van der Waals surface area contributed by atoms with E-state index in [1.54, 1.807) is 11.3 Å². The van der Waals surface area contributed by atoms with Crippen molar-refractivity contribution in [2.75, 3.05) is 5.32 Å². The maximum atomic E-state index is 13.4. The Bertz CT molecular complexity index is 1510. The average molecular weight is 470 g/mol. The van der Waals surface area contributed by atoms with Crippen LogP contribution < -0.4 is 5.32 Å². The summed E-state index contributed by atoms with van der Waals surface area (Å²) >= 11 is 3.17. The lowest BCUT2D eigenvalue weighted by Gasteiger charge is -2.09. The topological polar surface area (TPSA) is 54.9 Å². The minimum Gasteiger partial charge on any atom is -0.298 e. The number of nitrogens with zero attached hydrogens (tertiary/aromatic N) is 2. The average Bonchev–Trinajstić information content (AvgIpc) is 3.39. The first-order valence-corrected chi connectivity index (χ1v) is 12.4. The van der Waals surface area contributed by atoms with Crippen LogP contribution in [0.1, 0.15) is 31.2 Å². The van der Waals surface area contributed by atoms with E-state index in [4.69, 9.17) is 9.97 Å². The van der Waals surface area contributed by atoms with Crippen LogP contribution in [0.3, 0.4) is 0 Å². The summed E-state index contributed by atoms with van der Waals surface area (Å²) in [5.41, 5.74) is 6.60. The van der Waals surface area contributed by atoms with E-state index in [1.807, 2.05) is 37.3 Å². The Balaban J connectivity index is 1.53. The third kappa shape index (κ3) is 4.19. The van der Waals surface area contributed by atoms with E-state index in [2.05, 4.69) is 56.4 Å². The molecule has 5 aromatic rings. The van der Waals surface area contributed by atoms with E-state index in [9.17, 15) is 4.79 Å². The fraction of sp³-hybridized carbons (Fsp3) is 0.148. The second-order valence-corrected chi connectivity index (χ2v) is 10.7. The summed E-state index contributed by atoms with van der Waals surface area (Å²) in [6, 6.07) is 20.1. The molecule has 3 aromatic heterocycles. The predicted molar refractivity (Wildman–Crippen MR) is 140 cm³/mol. The van der Waals surface area contributed by atoms with E-state index in [0.717, 1.165) is 37.6 Å². The number of thiazole rings is 1. The quantitative estimate of drug-likeness (QED) is 0.295. The molecule has 0 saturated carbocycles. The SMILES string of the molecule is Cc1ccc(C)c(-c2nc(NC(=O)c3cc(-c4ccc(C)s4)nc4ccccc34)sc2C)c1. The number of thiophene rings is 1. The molecule has 6 heteroatoms. The number of hydrogen-bond acceptors (Lipinski definition) is 5. The van der Waals surface area contributed by atoms with Gasteiger partial charge in [0.15, 0.2) is 5.13 Å². The summed E-state index contributed by atoms with van der Waals surface area (Å²) < 4.78 is 0. The fourth-order valence-electron chi connectivity index (χ4n) is 3.92. The number of fused-ring (bicyclic) bond motifs is 1. The first-order valence-electron chi connectivity index (χ1n) is 10.7. The van der Waals surface area contributed by atoms with E-state index in [1.165, 1.54) is 27.3 Å². The number of amides is 1. The number of aryl methyl sites for hydroxylation is 4. The van der Waals surface area contributed by atoms with Crippen LogP contribution in [0.2, 0.25) is 0 Å². The van der Waals surface area contributed by atoms with Gasteiger partial charge < -0.3 is 0 Å². The van der Waals surface area contributed by atoms with Gasteiger partial charge in [-0.15, -0.1) is 22.7 Å². The number of aromatic nitrogens is 2. The molecule has 2 aromatic carbocycles. The van der Waals surface area contributed by atoms with Gasteiger partial charge in [0.2, 0.25) is 0 Å². The molecule has 1 amide bonds. The number of rotatable bonds is 4. The highest BCUT2D eigenvalue weighted by Crippen LogP contribution is 2.34. The highest BCUT2D eigenvalue weighted by molar-refractivity contribution is 7.16. The molecule has 0 aliphatic rings. The van der Waals surface area contributed by atoms with Crippen molar-refractivity contribution in [3.63, 3.8) is 0 Å². The Kier molecular flexibility index (Phi) is 5.56. The van der Waals surface area contributed by atoms with Crippen molar-refractivity contribution in [1.82, 2.24) is 9.97 Å². The zero-order chi connectivity index (χ0) is 23.1. The molecule has 0 radical (unpaired) electrons. The minimum atomic E-state index is -0.176. The number of nitrogens with one attached hydrogen (secondary N) is 1. The molecule has 0 aliphatic heterocycles. The van der Waals surface area contributed by atoms with Crippen molar-refractivity contribution in [1.29, 1.82) is 0 Å². The van der Waals surface area contributed by atoms with Crippen LogP contribution in [0.5, 0.6) is 0 Å². The fourth-order valence-corrected chi connectivity index (χ4v) is 5.57. The predicted octanol–water partition coefficient (Wildman–Crippen LogP) is 7.57. The monoisotopic (exact) mass is 469 g/mol. The number of pyridine rings is 1. The van der Waals surface area contributed by atoms with Gasteiger partial charge in [-0.05, 0) is 63.6 Å². The van der Waals surface area contributed by atoms with Crippen LogP contribution in [-0.4, -0.2) is 15.9 Å². The Hall–Kier alpha value is -3.35. The summed E-state index contributed by atoms with van der Waals surface area (Å²) in [6.07, 6.45) is 0. The molecule has 4 nitrogen and oxygen atoms in total. The normalized spacial score (nSPS) is 11.2. The summed E-state index contributed by atoms with van der Waals surface area (Å²) in [5.74, 6) is -0.176. The number of hydrogen-bond donors (Lipinski definition) is 1. The molecule has 0 bridgehead atoms. The molecule has 0 spiro atoms. The smallest absolute Gasteiger partial charge is 0.258 e. The van der Waals surface area contributed by atoms with Crippen LogP contribution in [0.15, 0.2) is 60.7 Å². The van der Waals surface area contributed by atoms with Crippen LogP contribution in [0, 0.1) is 27.7 Å². The van der Waals surface area contributed by atoms with Gasteiger partial charge in [0.1, 0.15) is 0 Å². The third-order valence-electron chi connectivity index (χ3n) is 5.62. The second-order valence-electron chi connectivity index (χ2n) is 8.18. The highest BCUT2D eigenvalue weighted by atomic mass is 32.1. The molecular formula is C27H23N3OS2. The van der Waals surface area contributed by atoms with Crippen molar-refractivity contribution in [3.05, 3.63) is 87.1 Å². The number of para-hydroxylation sites is 1. The zero-order valence-electron chi connectivity index (χ0n) is 18.9. The molecule has 164 valence electrons. The van der Waals surface area contributed by atoms with Gasteiger partial charge in [-0.1, -0.05) is 35.9 Å². The Morgan fingerprint density at radius 3 is 2.48 bits per heavy atom. The molecule has 0 atom stereocenters. The molecule has 0 fully saturated rings. The largest absolute Gasteiger partial charge is 0.298 e. The Labute approximate surface area is 201 Å². The lowest BCUT2D eigenvalue weighted by atomic mass is 10.0. The second kappa shape index (κ2) is 8.54. The molecular weight excluding hydrogens is 446 g/mol. The van der Waals surface area contributed by atoms with Crippen LogP contribution in [-0.2, 0) is 0 Å². The van der Waals surface area contributed by atoms with Gasteiger partial charge in [-0.3, -0.25) is 10.1 Å². The van der Waals surface area contributed by atoms with Gasteiger partial charge in [0.25, 0.3) is 5.91 Å². The van der Waals surface area contributed by atoms with Crippen molar-refractivity contribution < 1.29 is 4.79 Å². The Morgan fingerprint density at radius 1 is 0.879 bits per heavy atom. The molecule has 0 saturated heterocycles. The van der Waals surface area contributed by atoms with Crippen molar-refractivity contribution in [3.8, 4) is 21.8 Å². The standard InChI is InChI=1S/C27H23N3OS2/c1-15-9-10-16(2)20(13-15)25-18(4)33-27(29-25)30-26(31)21-14-23(24-12-11-17(3)32-24)28-22-8-6-5-7-19(21)22/h5-14H,1-4H3,(H,29,30,31). The summed E-state index contributed by atoms with van der Waals surface area (Å²) in [4.78, 5) is 26.4. The van der Waals surface area contributed by atoms with E-state index in [0.29, 0.717) is 10.7 Å². The minimum absolute atomic E-state index is 0.176. The molecule has 33 heavy (non-hydrogen) atoms. The van der Waals surface area contributed by atoms with Crippen molar-refractivity contribution in [2.24, 2.45) is 0 Å². The summed E-state index contributed by atoms with van der Waals surface area (Å²) in [7, 11) is 0. The molecule has 0 aliphatic carbocycles. The molecule has 1 N–H and O–H groups in total. The van der Waals surface area contributed by atoms with Gasteiger partial charge >= 0.3 is 0 Å². The van der Waals surface area contributed by atoms with E-state index >= 15 is 0 Å². The molecule has 5 rings (SSSR count). The number of anilines is 1. The van der Waals surface area contributed by atoms with E-state index in [-0.39, 0.29) is 5.91 Å². The maximum Gasteiger partial charge on any atom is 0.258 e. The van der Waals surface area contributed by atoms with E-state index < -0.39 is 0 Å². The maximum absolute atomic E-state index is 13.4. The number of carbonyl (C=O) groups is 1.